The van der Waals surface area contributed by atoms with Crippen LogP contribution in [0.4, 0.5) is 0 Å². The number of hydrogen-bond donors (Lipinski definition) is 2. The molecular weight excluding hydrogens is 246 g/mol. The lowest BCUT2D eigenvalue weighted by Gasteiger charge is -2.26. The van der Waals surface area contributed by atoms with Gasteiger partial charge in [0.15, 0.2) is 0 Å². The molecule has 1 atom stereocenters. The Morgan fingerprint density at radius 2 is 2.42 bits per heavy atom. The number of methoxy groups -OCH3 is 1. The number of rotatable bonds is 6. The van der Waals surface area contributed by atoms with Gasteiger partial charge in [0.2, 0.25) is 0 Å². The first-order valence-corrected chi connectivity index (χ1v) is 6.31. The molecule has 0 amide bonds. The van der Waals surface area contributed by atoms with E-state index in [1.165, 1.54) is 0 Å². The van der Waals surface area contributed by atoms with Gasteiger partial charge in [0.25, 0.3) is 0 Å². The van der Waals surface area contributed by atoms with Crippen molar-refractivity contribution in [1.82, 2.24) is 5.32 Å². The molecule has 0 bridgehead atoms. The molecule has 104 valence electrons. The lowest BCUT2D eigenvalue weighted by atomic mass is 10.0. The minimum absolute atomic E-state index is 0.246. The van der Waals surface area contributed by atoms with Crippen LogP contribution in [0.15, 0.2) is 24.3 Å². The molecule has 5 heteroatoms. The molecule has 19 heavy (non-hydrogen) atoms. The fourth-order valence-corrected chi connectivity index (χ4v) is 2.21. The highest BCUT2D eigenvalue weighted by atomic mass is 16.5. The number of ether oxygens (including phenoxy) is 2. The average molecular weight is 265 g/mol. The molecule has 1 aromatic rings. The third kappa shape index (κ3) is 3.53. The van der Waals surface area contributed by atoms with Crippen LogP contribution in [0.3, 0.4) is 0 Å². The van der Waals surface area contributed by atoms with Gasteiger partial charge in [-0.1, -0.05) is 12.1 Å². The molecule has 2 N–H and O–H groups in total. The minimum atomic E-state index is -0.903. The summed E-state index contributed by atoms with van der Waals surface area (Å²) in [7, 11) is 1.70. The molecule has 0 saturated carbocycles. The first-order valence-electron chi connectivity index (χ1n) is 6.31. The Balaban J connectivity index is 1.88. The van der Waals surface area contributed by atoms with Gasteiger partial charge in [-0.3, -0.25) is 0 Å². The van der Waals surface area contributed by atoms with E-state index in [4.69, 9.17) is 14.6 Å². The van der Waals surface area contributed by atoms with Gasteiger partial charge in [0.05, 0.1) is 12.2 Å². The lowest BCUT2D eigenvalue weighted by Crippen LogP contribution is -2.42. The summed E-state index contributed by atoms with van der Waals surface area (Å²) < 4.78 is 10.9. The maximum absolute atomic E-state index is 10.9. The van der Waals surface area contributed by atoms with Crippen molar-refractivity contribution in [3.05, 3.63) is 35.4 Å². The molecule has 5 nitrogen and oxygen atoms in total. The molecule has 1 fully saturated rings. The van der Waals surface area contributed by atoms with E-state index in [1.54, 1.807) is 25.3 Å². The van der Waals surface area contributed by atoms with Crippen LogP contribution in [-0.4, -0.2) is 43.5 Å². The molecule has 1 aliphatic heterocycles. The molecule has 1 aliphatic rings. The molecule has 1 heterocycles. The summed E-state index contributed by atoms with van der Waals surface area (Å²) in [6, 6.07) is 6.93. The van der Waals surface area contributed by atoms with Crippen molar-refractivity contribution in [3.8, 4) is 0 Å². The SMILES string of the molecule is COC1(CNCc2cccc(C(=O)O)c2)CCOC1. The van der Waals surface area contributed by atoms with E-state index in [0.717, 1.165) is 18.6 Å². The molecule has 0 aliphatic carbocycles. The summed E-state index contributed by atoms with van der Waals surface area (Å²) >= 11 is 0. The normalized spacial score (nSPS) is 22.6. The Morgan fingerprint density at radius 3 is 3.05 bits per heavy atom. The van der Waals surface area contributed by atoms with Gasteiger partial charge in [-0.05, 0) is 17.7 Å². The molecule has 0 radical (unpaired) electrons. The Hall–Kier alpha value is -1.43. The fourth-order valence-electron chi connectivity index (χ4n) is 2.21. The molecule has 2 rings (SSSR count). The van der Waals surface area contributed by atoms with E-state index in [2.05, 4.69) is 5.32 Å². The molecule has 1 aromatic carbocycles. The quantitative estimate of drug-likeness (QED) is 0.811. The number of benzene rings is 1. The van der Waals surface area contributed by atoms with Gasteiger partial charge in [-0.15, -0.1) is 0 Å². The van der Waals surface area contributed by atoms with Crippen molar-refractivity contribution in [2.24, 2.45) is 0 Å². The summed E-state index contributed by atoms with van der Waals surface area (Å²) in [6.07, 6.45) is 0.881. The number of carboxylic acids is 1. The van der Waals surface area contributed by atoms with E-state index >= 15 is 0 Å². The van der Waals surface area contributed by atoms with Gasteiger partial charge in [0.1, 0.15) is 5.60 Å². The van der Waals surface area contributed by atoms with Gasteiger partial charge in [-0.25, -0.2) is 4.79 Å². The van der Waals surface area contributed by atoms with Crippen molar-refractivity contribution in [2.75, 3.05) is 26.9 Å². The first kappa shape index (κ1) is 14.0. The highest BCUT2D eigenvalue weighted by Gasteiger charge is 2.34. The maximum Gasteiger partial charge on any atom is 0.335 e. The summed E-state index contributed by atoms with van der Waals surface area (Å²) in [6.45, 7) is 2.64. The molecule has 0 aromatic heterocycles. The monoisotopic (exact) mass is 265 g/mol. The van der Waals surface area contributed by atoms with E-state index in [1.807, 2.05) is 6.07 Å². The zero-order chi connectivity index (χ0) is 13.7. The standard InChI is InChI=1S/C14H19NO4/c1-18-14(5-6-19-10-14)9-15-8-11-3-2-4-12(7-11)13(16)17/h2-4,7,15H,5-6,8-10H2,1H3,(H,16,17). The Bertz CT molecular complexity index is 441. The Labute approximate surface area is 112 Å². The van der Waals surface area contributed by atoms with Crippen molar-refractivity contribution in [1.29, 1.82) is 0 Å². The highest BCUT2D eigenvalue weighted by molar-refractivity contribution is 5.87. The summed E-state index contributed by atoms with van der Waals surface area (Å²) in [4.78, 5) is 10.9. The second-order valence-electron chi connectivity index (χ2n) is 4.80. The zero-order valence-electron chi connectivity index (χ0n) is 11.0. The lowest BCUT2D eigenvalue weighted by molar-refractivity contribution is -0.0159. The van der Waals surface area contributed by atoms with E-state index in [9.17, 15) is 4.79 Å². The number of aromatic carboxylic acids is 1. The number of hydrogen-bond acceptors (Lipinski definition) is 4. The van der Waals surface area contributed by atoms with Crippen LogP contribution in [0.25, 0.3) is 0 Å². The summed E-state index contributed by atoms with van der Waals surface area (Å²) in [5.74, 6) is -0.903. The average Bonchev–Trinajstić information content (AvgIpc) is 2.88. The second-order valence-corrected chi connectivity index (χ2v) is 4.80. The van der Waals surface area contributed by atoms with Gasteiger partial charge in [-0.2, -0.15) is 0 Å². The first-order chi connectivity index (χ1) is 9.15. The van der Waals surface area contributed by atoms with Crippen LogP contribution in [-0.2, 0) is 16.0 Å². The third-order valence-electron chi connectivity index (χ3n) is 3.45. The number of carboxylic acid groups (broad SMARTS) is 1. The largest absolute Gasteiger partial charge is 0.478 e. The van der Waals surface area contributed by atoms with Crippen LogP contribution in [0.1, 0.15) is 22.3 Å². The Morgan fingerprint density at radius 1 is 1.58 bits per heavy atom. The molecular formula is C14H19NO4. The van der Waals surface area contributed by atoms with Crippen LogP contribution in [0.5, 0.6) is 0 Å². The predicted molar refractivity (Wildman–Crippen MR) is 70.3 cm³/mol. The zero-order valence-corrected chi connectivity index (χ0v) is 11.0. The van der Waals surface area contributed by atoms with Crippen LogP contribution in [0.2, 0.25) is 0 Å². The minimum Gasteiger partial charge on any atom is -0.478 e. The van der Waals surface area contributed by atoms with Crippen LogP contribution in [0, 0.1) is 0 Å². The van der Waals surface area contributed by atoms with E-state index in [-0.39, 0.29) is 5.60 Å². The van der Waals surface area contributed by atoms with Crippen molar-refractivity contribution in [3.63, 3.8) is 0 Å². The van der Waals surface area contributed by atoms with Crippen LogP contribution < -0.4 is 5.32 Å². The van der Waals surface area contributed by atoms with E-state index in [0.29, 0.717) is 25.3 Å². The predicted octanol–water partition coefficient (Wildman–Crippen LogP) is 1.28. The van der Waals surface area contributed by atoms with Gasteiger partial charge in [0, 0.05) is 33.2 Å². The Kier molecular flexibility index (Phi) is 4.52. The van der Waals surface area contributed by atoms with Gasteiger partial charge >= 0.3 is 5.97 Å². The molecule has 0 spiro atoms. The van der Waals surface area contributed by atoms with Crippen molar-refractivity contribution in [2.45, 2.75) is 18.6 Å². The van der Waals surface area contributed by atoms with Crippen LogP contribution >= 0.6 is 0 Å². The van der Waals surface area contributed by atoms with Crippen molar-refractivity contribution >= 4 is 5.97 Å². The smallest absolute Gasteiger partial charge is 0.335 e. The summed E-state index contributed by atoms with van der Waals surface area (Å²) in [5.41, 5.74) is 1.01. The maximum atomic E-state index is 10.9. The molecule has 1 saturated heterocycles. The number of nitrogens with one attached hydrogen (secondary N) is 1. The van der Waals surface area contributed by atoms with E-state index < -0.39 is 5.97 Å². The number of carbonyl (C=O) groups is 1. The fraction of sp³-hybridized carbons (Fsp3) is 0.500. The van der Waals surface area contributed by atoms with Crippen molar-refractivity contribution < 1.29 is 19.4 Å². The highest BCUT2D eigenvalue weighted by Crippen LogP contribution is 2.21. The summed E-state index contributed by atoms with van der Waals surface area (Å²) in [5, 5.41) is 12.2. The topological polar surface area (TPSA) is 67.8 Å². The van der Waals surface area contributed by atoms with Gasteiger partial charge < -0.3 is 19.9 Å². The third-order valence-corrected chi connectivity index (χ3v) is 3.45. The molecule has 1 unspecified atom stereocenters. The second kappa shape index (κ2) is 6.14.